The monoisotopic (exact) mass is 327 g/mol. The van der Waals surface area contributed by atoms with Gasteiger partial charge in [0.1, 0.15) is 5.69 Å². The van der Waals surface area contributed by atoms with Gasteiger partial charge in [-0.05, 0) is 24.6 Å². The number of pyridine rings is 1. The summed E-state index contributed by atoms with van der Waals surface area (Å²) < 4.78 is 4.75. The van der Waals surface area contributed by atoms with Crippen molar-refractivity contribution in [2.24, 2.45) is 0 Å². The van der Waals surface area contributed by atoms with Crippen LogP contribution in [0.25, 0.3) is 22.0 Å². The number of carbonyl (C=O) groups is 1. The van der Waals surface area contributed by atoms with Gasteiger partial charge in [0.05, 0.1) is 17.6 Å². The maximum atomic E-state index is 12.6. The topological polar surface area (TPSA) is 59.2 Å². The second-order valence-corrected chi connectivity index (χ2v) is 5.56. The third-order valence-electron chi connectivity index (χ3n) is 3.82. The van der Waals surface area contributed by atoms with E-state index in [0.29, 0.717) is 27.1 Å². The molecule has 0 saturated heterocycles. The summed E-state index contributed by atoms with van der Waals surface area (Å²) in [5, 5.41) is 0.984. The van der Waals surface area contributed by atoms with E-state index in [0.717, 1.165) is 5.56 Å². The van der Waals surface area contributed by atoms with E-state index < -0.39 is 5.97 Å². The van der Waals surface area contributed by atoms with Crippen LogP contribution in [0.5, 0.6) is 0 Å². The van der Waals surface area contributed by atoms with Crippen LogP contribution >= 0.6 is 11.6 Å². The number of nitrogens with one attached hydrogen (secondary N) is 1. The van der Waals surface area contributed by atoms with Gasteiger partial charge in [-0.3, -0.25) is 4.79 Å². The molecule has 23 heavy (non-hydrogen) atoms. The highest BCUT2D eigenvalue weighted by molar-refractivity contribution is 6.35. The highest BCUT2D eigenvalue weighted by atomic mass is 35.5. The minimum Gasteiger partial charge on any atom is -0.464 e. The van der Waals surface area contributed by atoms with E-state index in [2.05, 4.69) is 4.98 Å². The Hall–Kier alpha value is -2.59. The van der Waals surface area contributed by atoms with Crippen molar-refractivity contribution in [1.29, 1.82) is 0 Å². The molecule has 1 N–H and O–H groups in total. The lowest BCUT2D eigenvalue weighted by Gasteiger charge is -2.12. The normalized spacial score (nSPS) is 10.7. The average molecular weight is 328 g/mol. The Morgan fingerprint density at radius 2 is 1.83 bits per heavy atom. The molecule has 0 fully saturated rings. The molecule has 2 aromatic carbocycles. The number of halogens is 1. The van der Waals surface area contributed by atoms with Crippen LogP contribution in [0.2, 0.25) is 5.02 Å². The molecule has 0 aliphatic rings. The third kappa shape index (κ3) is 2.51. The number of esters is 1. The van der Waals surface area contributed by atoms with Crippen LogP contribution in [-0.4, -0.2) is 18.1 Å². The van der Waals surface area contributed by atoms with Crippen LogP contribution in [0.3, 0.4) is 0 Å². The predicted molar refractivity (Wildman–Crippen MR) is 91.1 cm³/mol. The number of rotatable bonds is 2. The van der Waals surface area contributed by atoms with Crippen molar-refractivity contribution < 1.29 is 9.53 Å². The Kier molecular flexibility index (Phi) is 3.92. The maximum Gasteiger partial charge on any atom is 0.354 e. The van der Waals surface area contributed by atoms with Crippen molar-refractivity contribution in [3.8, 4) is 11.1 Å². The second kappa shape index (κ2) is 5.89. The van der Waals surface area contributed by atoms with Crippen LogP contribution in [0, 0.1) is 6.92 Å². The van der Waals surface area contributed by atoms with Crippen LogP contribution in [0.4, 0.5) is 0 Å². The van der Waals surface area contributed by atoms with Crippen molar-refractivity contribution >= 4 is 28.5 Å². The molecule has 3 aromatic rings. The molecular weight excluding hydrogens is 314 g/mol. The number of ether oxygens (including phenoxy) is 1. The molecule has 0 saturated carbocycles. The number of aromatic nitrogens is 1. The van der Waals surface area contributed by atoms with Crippen LogP contribution in [-0.2, 0) is 4.74 Å². The lowest BCUT2D eigenvalue weighted by Crippen LogP contribution is -2.17. The van der Waals surface area contributed by atoms with Crippen LogP contribution in [0.15, 0.2) is 47.3 Å². The summed E-state index contributed by atoms with van der Waals surface area (Å²) in [7, 11) is 1.28. The standard InChI is InChI=1S/C18H14ClNO3/c1-10-15(18(22)23-2)20-16-12(17(10)21)8-9-13(19)14(16)11-6-4-3-5-7-11/h3-9H,1-2H3,(H,20,21). The molecule has 0 amide bonds. The fraction of sp³-hybridized carbons (Fsp3) is 0.111. The van der Waals surface area contributed by atoms with E-state index in [1.165, 1.54) is 7.11 Å². The zero-order valence-electron chi connectivity index (χ0n) is 12.6. The van der Waals surface area contributed by atoms with Crippen molar-refractivity contribution in [3.05, 3.63) is 69.0 Å². The fourth-order valence-electron chi connectivity index (χ4n) is 2.62. The molecule has 0 radical (unpaired) electrons. The Morgan fingerprint density at radius 1 is 1.13 bits per heavy atom. The molecular formula is C18H14ClNO3. The van der Waals surface area contributed by atoms with Gasteiger partial charge in [0, 0.05) is 16.5 Å². The molecule has 4 nitrogen and oxygen atoms in total. The molecule has 0 spiro atoms. The Balaban J connectivity index is 2.46. The van der Waals surface area contributed by atoms with Crippen molar-refractivity contribution in [1.82, 2.24) is 4.98 Å². The number of fused-ring (bicyclic) bond motifs is 1. The third-order valence-corrected chi connectivity index (χ3v) is 4.13. The molecule has 1 heterocycles. The zero-order valence-corrected chi connectivity index (χ0v) is 13.4. The lowest BCUT2D eigenvalue weighted by molar-refractivity contribution is 0.0593. The van der Waals surface area contributed by atoms with Gasteiger partial charge >= 0.3 is 5.97 Å². The van der Waals surface area contributed by atoms with E-state index in [-0.39, 0.29) is 11.1 Å². The first-order valence-corrected chi connectivity index (χ1v) is 7.41. The molecule has 0 bridgehead atoms. The summed E-state index contributed by atoms with van der Waals surface area (Å²) in [4.78, 5) is 27.6. The smallest absolute Gasteiger partial charge is 0.354 e. The zero-order chi connectivity index (χ0) is 16.6. The summed E-state index contributed by atoms with van der Waals surface area (Å²) in [6.07, 6.45) is 0. The van der Waals surface area contributed by atoms with E-state index in [1.807, 2.05) is 30.3 Å². The quantitative estimate of drug-likeness (QED) is 0.725. The molecule has 5 heteroatoms. The molecule has 0 atom stereocenters. The number of carbonyl (C=O) groups excluding carboxylic acids is 1. The summed E-state index contributed by atoms with van der Waals surface area (Å²) in [5.41, 5.74) is 2.33. The molecule has 116 valence electrons. The van der Waals surface area contributed by atoms with Crippen molar-refractivity contribution in [2.75, 3.05) is 7.11 Å². The first kappa shape index (κ1) is 15.3. The Labute approximate surface area is 137 Å². The first-order chi connectivity index (χ1) is 11.0. The first-order valence-electron chi connectivity index (χ1n) is 7.03. The van der Waals surface area contributed by atoms with Gasteiger partial charge in [0.2, 0.25) is 0 Å². The number of aromatic amines is 1. The number of hydrogen-bond donors (Lipinski definition) is 1. The number of methoxy groups -OCH3 is 1. The van der Waals surface area contributed by atoms with Crippen LogP contribution in [0.1, 0.15) is 16.1 Å². The average Bonchev–Trinajstić information content (AvgIpc) is 2.58. The summed E-state index contributed by atoms with van der Waals surface area (Å²) in [6, 6.07) is 12.8. The van der Waals surface area contributed by atoms with E-state index in [9.17, 15) is 9.59 Å². The van der Waals surface area contributed by atoms with Gasteiger partial charge in [-0.1, -0.05) is 41.9 Å². The maximum absolute atomic E-state index is 12.6. The number of benzene rings is 2. The highest BCUT2D eigenvalue weighted by Crippen LogP contribution is 2.33. The van der Waals surface area contributed by atoms with Crippen molar-refractivity contribution in [3.63, 3.8) is 0 Å². The van der Waals surface area contributed by atoms with E-state index in [4.69, 9.17) is 16.3 Å². The molecule has 3 rings (SSSR count). The van der Waals surface area contributed by atoms with Gasteiger partial charge in [0.25, 0.3) is 0 Å². The number of hydrogen-bond acceptors (Lipinski definition) is 3. The minimum absolute atomic E-state index is 0.143. The summed E-state index contributed by atoms with van der Waals surface area (Å²) in [6.45, 7) is 1.60. The van der Waals surface area contributed by atoms with Gasteiger partial charge < -0.3 is 9.72 Å². The largest absolute Gasteiger partial charge is 0.464 e. The lowest BCUT2D eigenvalue weighted by atomic mass is 10.00. The SMILES string of the molecule is COC(=O)c1[nH]c2c(-c3ccccc3)c(Cl)ccc2c(=O)c1C. The second-order valence-electron chi connectivity index (χ2n) is 5.16. The summed E-state index contributed by atoms with van der Waals surface area (Å²) >= 11 is 6.36. The van der Waals surface area contributed by atoms with Gasteiger partial charge in [-0.15, -0.1) is 0 Å². The molecule has 0 aliphatic carbocycles. The number of H-pyrrole nitrogens is 1. The summed E-state index contributed by atoms with van der Waals surface area (Å²) in [5.74, 6) is -0.583. The fourth-order valence-corrected chi connectivity index (χ4v) is 2.89. The molecule has 1 aromatic heterocycles. The Morgan fingerprint density at radius 3 is 2.48 bits per heavy atom. The molecule has 0 aliphatic heterocycles. The molecule has 0 unspecified atom stereocenters. The Bertz CT molecular complexity index is 961. The predicted octanol–water partition coefficient (Wildman–Crippen LogP) is 3.94. The van der Waals surface area contributed by atoms with Gasteiger partial charge in [0.15, 0.2) is 5.43 Å². The van der Waals surface area contributed by atoms with E-state index in [1.54, 1.807) is 19.1 Å². The van der Waals surface area contributed by atoms with E-state index >= 15 is 0 Å². The van der Waals surface area contributed by atoms with Gasteiger partial charge in [-0.2, -0.15) is 0 Å². The van der Waals surface area contributed by atoms with Crippen LogP contribution < -0.4 is 5.43 Å². The van der Waals surface area contributed by atoms with Gasteiger partial charge in [-0.25, -0.2) is 4.79 Å². The minimum atomic E-state index is -0.583. The highest BCUT2D eigenvalue weighted by Gasteiger charge is 2.18. The van der Waals surface area contributed by atoms with Crippen molar-refractivity contribution in [2.45, 2.75) is 6.92 Å².